The van der Waals surface area contributed by atoms with Crippen molar-refractivity contribution in [3.05, 3.63) is 0 Å². The summed E-state index contributed by atoms with van der Waals surface area (Å²) in [6.07, 6.45) is 0.846. The van der Waals surface area contributed by atoms with Crippen molar-refractivity contribution in [3.8, 4) is 0 Å². The molecule has 2 N–H and O–H groups in total. The molecule has 3 unspecified atom stereocenters. The molecule has 0 bridgehead atoms. The maximum absolute atomic E-state index is 10.6. The third kappa shape index (κ3) is 1.78. The third-order valence-corrected chi connectivity index (χ3v) is 2.67. The fourth-order valence-corrected chi connectivity index (χ4v) is 1.94. The minimum Gasteiger partial charge on any atom is -0.481 e. The summed E-state index contributed by atoms with van der Waals surface area (Å²) in [5, 5.41) is 11.9. The van der Waals surface area contributed by atoms with Crippen LogP contribution in [-0.2, 0) is 4.79 Å². The van der Waals surface area contributed by atoms with Gasteiger partial charge in [-0.1, -0.05) is 13.8 Å². The van der Waals surface area contributed by atoms with E-state index in [1.54, 1.807) is 0 Å². The number of carboxylic acid groups (broad SMARTS) is 1. The molecule has 0 spiro atoms. The van der Waals surface area contributed by atoms with Crippen LogP contribution in [0.4, 0.5) is 0 Å². The molecule has 0 aliphatic heterocycles. The summed E-state index contributed by atoms with van der Waals surface area (Å²) in [6, 6.07) is 0.367. The lowest BCUT2D eigenvalue weighted by Gasteiger charge is -2.19. The van der Waals surface area contributed by atoms with Crippen molar-refractivity contribution >= 4 is 5.97 Å². The van der Waals surface area contributed by atoms with E-state index in [1.165, 1.54) is 0 Å². The predicted molar refractivity (Wildman–Crippen MR) is 46.9 cm³/mol. The van der Waals surface area contributed by atoms with Crippen LogP contribution in [0.2, 0.25) is 0 Å². The minimum absolute atomic E-state index is 0.0927. The van der Waals surface area contributed by atoms with E-state index in [0.717, 1.165) is 6.42 Å². The smallest absolute Gasteiger partial charge is 0.306 e. The molecule has 1 aliphatic rings. The van der Waals surface area contributed by atoms with Crippen molar-refractivity contribution in [1.29, 1.82) is 0 Å². The second-order valence-corrected chi connectivity index (χ2v) is 3.90. The molecule has 0 aromatic carbocycles. The van der Waals surface area contributed by atoms with Crippen LogP contribution in [0.5, 0.6) is 0 Å². The lowest BCUT2D eigenvalue weighted by atomic mass is 9.98. The van der Waals surface area contributed by atoms with Crippen LogP contribution >= 0.6 is 0 Å². The van der Waals surface area contributed by atoms with Crippen LogP contribution in [0, 0.1) is 17.8 Å². The first kappa shape index (κ1) is 9.52. The van der Waals surface area contributed by atoms with Gasteiger partial charge in [0.1, 0.15) is 0 Å². The average molecular weight is 171 g/mol. The lowest BCUT2D eigenvalue weighted by Crippen LogP contribution is -2.33. The molecule has 0 heterocycles. The Balaban J connectivity index is 2.44. The maximum Gasteiger partial charge on any atom is 0.306 e. The van der Waals surface area contributed by atoms with Gasteiger partial charge in [0.2, 0.25) is 0 Å². The lowest BCUT2D eigenvalue weighted by molar-refractivity contribution is -0.139. The Morgan fingerprint density at radius 2 is 2.17 bits per heavy atom. The van der Waals surface area contributed by atoms with Gasteiger partial charge in [-0.2, -0.15) is 0 Å². The van der Waals surface area contributed by atoms with Gasteiger partial charge in [0.15, 0.2) is 0 Å². The Labute approximate surface area is 73.2 Å². The Morgan fingerprint density at radius 3 is 2.42 bits per heavy atom. The third-order valence-electron chi connectivity index (χ3n) is 2.67. The molecule has 0 aromatic rings. The van der Waals surface area contributed by atoms with Gasteiger partial charge in [-0.3, -0.25) is 4.79 Å². The molecule has 3 heteroatoms. The summed E-state index contributed by atoms with van der Waals surface area (Å²) in [4.78, 5) is 10.6. The van der Waals surface area contributed by atoms with Crippen LogP contribution in [-0.4, -0.2) is 24.2 Å². The molecule has 1 rings (SSSR count). The first-order chi connectivity index (χ1) is 5.57. The van der Waals surface area contributed by atoms with Gasteiger partial charge in [-0.25, -0.2) is 0 Å². The molecule has 70 valence electrons. The van der Waals surface area contributed by atoms with Gasteiger partial charge in [-0.05, 0) is 25.3 Å². The Kier molecular flexibility index (Phi) is 2.73. The number of hydrogen-bond donors (Lipinski definition) is 2. The van der Waals surface area contributed by atoms with Crippen molar-refractivity contribution in [1.82, 2.24) is 5.32 Å². The number of nitrogens with one attached hydrogen (secondary N) is 1. The van der Waals surface area contributed by atoms with E-state index in [4.69, 9.17) is 5.11 Å². The number of carboxylic acids is 1. The van der Waals surface area contributed by atoms with E-state index in [2.05, 4.69) is 19.2 Å². The fourth-order valence-electron chi connectivity index (χ4n) is 1.94. The van der Waals surface area contributed by atoms with E-state index < -0.39 is 5.97 Å². The minimum atomic E-state index is -0.638. The number of hydrogen-bond acceptors (Lipinski definition) is 2. The number of aliphatic carboxylic acids is 1. The number of rotatable bonds is 4. The second kappa shape index (κ2) is 3.44. The van der Waals surface area contributed by atoms with Gasteiger partial charge in [0.25, 0.3) is 0 Å². The highest BCUT2D eigenvalue weighted by Gasteiger charge is 2.48. The van der Waals surface area contributed by atoms with Gasteiger partial charge < -0.3 is 10.4 Å². The molecule has 12 heavy (non-hydrogen) atoms. The topological polar surface area (TPSA) is 49.3 Å². The van der Waals surface area contributed by atoms with Crippen LogP contribution in [0.3, 0.4) is 0 Å². The highest BCUT2D eigenvalue weighted by molar-refractivity contribution is 5.73. The van der Waals surface area contributed by atoms with Crippen LogP contribution in [0.1, 0.15) is 20.3 Å². The highest BCUT2D eigenvalue weighted by Crippen LogP contribution is 2.43. The molecule has 1 aliphatic carbocycles. The summed E-state index contributed by atoms with van der Waals surface area (Å²) in [5.41, 5.74) is 0. The Bertz CT molecular complexity index is 179. The van der Waals surface area contributed by atoms with Gasteiger partial charge >= 0.3 is 5.97 Å². The Morgan fingerprint density at radius 1 is 1.58 bits per heavy atom. The van der Waals surface area contributed by atoms with Gasteiger partial charge in [0, 0.05) is 6.04 Å². The average Bonchev–Trinajstić information content (AvgIpc) is 2.68. The number of carbonyl (C=O) groups is 1. The molecule has 1 saturated carbocycles. The molecule has 0 saturated heterocycles. The van der Waals surface area contributed by atoms with E-state index in [-0.39, 0.29) is 5.92 Å². The maximum atomic E-state index is 10.6. The van der Waals surface area contributed by atoms with Gasteiger partial charge in [0.05, 0.1) is 5.92 Å². The van der Waals surface area contributed by atoms with Crippen molar-refractivity contribution in [3.63, 3.8) is 0 Å². The molecule has 3 atom stereocenters. The van der Waals surface area contributed by atoms with Crippen LogP contribution in [0.25, 0.3) is 0 Å². The van der Waals surface area contributed by atoms with Gasteiger partial charge in [-0.15, -0.1) is 0 Å². The monoisotopic (exact) mass is 171 g/mol. The summed E-state index contributed by atoms with van der Waals surface area (Å²) in [6.45, 7) is 4.25. The SMILES string of the molecule is CNC(C(C)C)C1CC1C(=O)O. The first-order valence-corrected chi connectivity index (χ1v) is 4.48. The molecular formula is C9H17NO2. The highest BCUT2D eigenvalue weighted by atomic mass is 16.4. The van der Waals surface area contributed by atoms with E-state index in [9.17, 15) is 4.79 Å². The summed E-state index contributed by atoms with van der Waals surface area (Å²) < 4.78 is 0. The first-order valence-electron chi connectivity index (χ1n) is 4.48. The summed E-state index contributed by atoms with van der Waals surface area (Å²) >= 11 is 0. The molecule has 1 fully saturated rings. The van der Waals surface area contributed by atoms with Crippen molar-refractivity contribution < 1.29 is 9.90 Å². The molecule has 3 nitrogen and oxygen atoms in total. The van der Waals surface area contributed by atoms with Crippen molar-refractivity contribution in [2.45, 2.75) is 26.3 Å². The molecule has 0 radical (unpaired) electrons. The standard InChI is InChI=1S/C9H17NO2/c1-5(2)8(10-3)6-4-7(6)9(11)12/h5-8,10H,4H2,1-3H3,(H,11,12). The second-order valence-electron chi connectivity index (χ2n) is 3.90. The van der Waals surface area contributed by atoms with Crippen LogP contribution in [0.15, 0.2) is 0 Å². The Hall–Kier alpha value is -0.570. The predicted octanol–water partition coefficient (Wildman–Crippen LogP) is 0.951. The van der Waals surface area contributed by atoms with E-state index in [1.807, 2.05) is 7.05 Å². The van der Waals surface area contributed by atoms with E-state index in [0.29, 0.717) is 17.9 Å². The fraction of sp³-hybridized carbons (Fsp3) is 0.889. The molecular weight excluding hydrogens is 154 g/mol. The van der Waals surface area contributed by atoms with E-state index >= 15 is 0 Å². The molecule has 0 aromatic heterocycles. The summed E-state index contributed by atoms with van der Waals surface area (Å²) in [7, 11) is 1.90. The zero-order valence-corrected chi connectivity index (χ0v) is 7.87. The zero-order valence-electron chi connectivity index (χ0n) is 7.87. The zero-order chi connectivity index (χ0) is 9.30. The molecule has 0 amide bonds. The summed E-state index contributed by atoms with van der Waals surface area (Å²) in [5.74, 6) is 0.141. The normalized spacial score (nSPS) is 30.3. The quantitative estimate of drug-likeness (QED) is 0.662. The van der Waals surface area contributed by atoms with Crippen molar-refractivity contribution in [2.24, 2.45) is 17.8 Å². The van der Waals surface area contributed by atoms with Crippen molar-refractivity contribution in [2.75, 3.05) is 7.05 Å². The van der Waals surface area contributed by atoms with Crippen LogP contribution < -0.4 is 5.32 Å². The largest absolute Gasteiger partial charge is 0.481 e.